The van der Waals surface area contributed by atoms with Crippen LogP contribution in [0, 0.1) is 0 Å². The molecule has 4 nitrogen and oxygen atoms in total. The minimum Gasteiger partial charge on any atom is -0.345 e. The zero-order valence-electron chi connectivity index (χ0n) is 13.2. The summed E-state index contributed by atoms with van der Waals surface area (Å²) in [6.45, 7) is 2.84. The summed E-state index contributed by atoms with van der Waals surface area (Å²) in [5, 5.41) is 3.33. The van der Waals surface area contributed by atoms with Crippen LogP contribution >= 0.6 is 0 Å². The van der Waals surface area contributed by atoms with Gasteiger partial charge in [-0.2, -0.15) is 0 Å². The number of rotatable bonds is 2. The predicted molar refractivity (Wildman–Crippen MR) is 89.1 cm³/mol. The minimum atomic E-state index is -0.0850. The van der Waals surface area contributed by atoms with Crippen LogP contribution in [0.5, 0.6) is 0 Å². The summed E-state index contributed by atoms with van der Waals surface area (Å²) < 4.78 is 0. The number of hydrogen-bond donors (Lipinski definition) is 1. The topological polar surface area (TPSA) is 45.2 Å². The number of pyridine rings is 1. The van der Waals surface area contributed by atoms with Crippen molar-refractivity contribution >= 4 is 5.91 Å². The summed E-state index contributed by atoms with van der Waals surface area (Å²) in [7, 11) is 0. The third-order valence-electron chi connectivity index (χ3n) is 5.08. The first-order valence-electron chi connectivity index (χ1n) is 8.26. The molecule has 1 spiro atoms. The fourth-order valence-corrected chi connectivity index (χ4v) is 3.85. The number of aryl methyl sites for hydroxylation is 1. The van der Waals surface area contributed by atoms with Crippen LogP contribution in [0.2, 0.25) is 0 Å². The van der Waals surface area contributed by atoms with E-state index >= 15 is 0 Å². The summed E-state index contributed by atoms with van der Waals surface area (Å²) >= 11 is 0. The highest BCUT2D eigenvalue weighted by Crippen LogP contribution is 2.31. The van der Waals surface area contributed by atoms with E-state index in [0.29, 0.717) is 0 Å². The van der Waals surface area contributed by atoms with Crippen molar-refractivity contribution in [3.05, 3.63) is 65.5 Å². The number of carbonyl (C=O) groups is 1. The average molecular weight is 307 g/mol. The van der Waals surface area contributed by atoms with Gasteiger partial charge in [0.25, 0.3) is 5.91 Å². The normalized spacial score (nSPS) is 24.3. The summed E-state index contributed by atoms with van der Waals surface area (Å²) in [5.41, 5.74) is 3.16. The predicted octanol–water partition coefficient (Wildman–Crippen LogP) is 2.40. The molecule has 1 atom stereocenters. The van der Waals surface area contributed by atoms with E-state index in [-0.39, 0.29) is 11.4 Å². The highest BCUT2D eigenvalue weighted by atomic mass is 16.1. The summed E-state index contributed by atoms with van der Waals surface area (Å²) in [6.07, 6.45) is 6.73. The first-order valence-corrected chi connectivity index (χ1v) is 8.26. The number of aromatic nitrogens is 1. The molecule has 1 aromatic carbocycles. The number of nitrogens with zero attached hydrogens (tertiary/aromatic N) is 2. The highest BCUT2D eigenvalue weighted by molar-refractivity contribution is 5.96. The van der Waals surface area contributed by atoms with E-state index in [2.05, 4.69) is 27.3 Å². The number of fused-ring (bicyclic) bond motifs is 1. The highest BCUT2D eigenvalue weighted by Gasteiger charge is 2.40. The standard InChI is InChI=1S/C19H21N3O/c23-18-17-6-2-1-5-16(17)7-8-19(21-18)9-11-22(14-19)13-15-4-3-10-20-12-15/h1-6,10,12H,7-9,11,13-14H2,(H,21,23). The van der Waals surface area contributed by atoms with Gasteiger partial charge in [0.2, 0.25) is 0 Å². The Hall–Kier alpha value is -2.20. The lowest BCUT2D eigenvalue weighted by Gasteiger charge is -2.29. The second-order valence-electron chi connectivity index (χ2n) is 6.71. The number of hydrogen-bond acceptors (Lipinski definition) is 3. The molecule has 118 valence electrons. The van der Waals surface area contributed by atoms with E-state index in [9.17, 15) is 4.79 Å². The van der Waals surface area contributed by atoms with Gasteiger partial charge in [-0.15, -0.1) is 0 Å². The Kier molecular flexibility index (Phi) is 3.62. The molecule has 1 saturated heterocycles. The molecule has 4 rings (SSSR count). The van der Waals surface area contributed by atoms with Gasteiger partial charge < -0.3 is 5.32 Å². The zero-order valence-corrected chi connectivity index (χ0v) is 13.2. The van der Waals surface area contributed by atoms with Gasteiger partial charge in [0.05, 0.1) is 5.54 Å². The Morgan fingerprint density at radius 2 is 2.09 bits per heavy atom. The minimum absolute atomic E-state index is 0.0846. The van der Waals surface area contributed by atoms with Crippen molar-refractivity contribution in [2.45, 2.75) is 31.3 Å². The van der Waals surface area contributed by atoms with Crippen LogP contribution in [0.15, 0.2) is 48.8 Å². The average Bonchev–Trinajstić information content (AvgIpc) is 2.90. The number of nitrogens with one attached hydrogen (secondary N) is 1. The monoisotopic (exact) mass is 307 g/mol. The molecule has 23 heavy (non-hydrogen) atoms. The molecule has 0 radical (unpaired) electrons. The lowest BCUT2D eigenvalue weighted by Crippen LogP contribution is -2.49. The maximum atomic E-state index is 12.6. The van der Waals surface area contributed by atoms with Crippen molar-refractivity contribution in [2.24, 2.45) is 0 Å². The molecule has 0 saturated carbocycles. The van der Waals surface area contributed by atoms with E-state index in [1.54, 1.807) is 6.20 Å². The fourth-order valence-electron chi connectivity index (χ4n) is 3.85. The summed E-state index contributed by atoms with van der Waals surface area (Å²) in [4.78, 5) is 19.2. The summed E-state index contributed by atoms with van der Waals surface area (Å²) in [5.74, 6) is 0.0846. The lowest BCUT2D eigenvalue weighted by atomic mass is 9.91. The Balaban J connectivity index is 1.49. The van der Waals surface area contributed by atoms with Gasteiger partial charge in [-0.05, 0) is 42.5 Å². The first-order chi connectivity index (χ1) is 11.2. The molecule has 2 aliphatic rings. The van der Waals surface area contributed by atoms with E-state index in [4.69, 9.17) is 0 Å². The van der Waals surface area contributed by atoms with Crippen molar-refractivity contribution in [1.29, 1.82) is 0 Å². The smallest absolute Gasteiger partial charge is 0.252 e. The second-order valence-corrected chi connectivity index (χ2v) is 6.71. The van der Waals surface area contributed by atoms with Gasteiger partial charge in [-0.1, -0.05) is 24.3 Å². The molecule has 0 aliphatic carbocycles. The number of benzene rings is 1. The van der Waals surface area contributed by atoms with E-state index < -0.39 is 0 Å². The molecule has 1 amide bonds. The van der Waals surface area contributed by atoms with Crippen LogP contribution < -0.4 is 5.32 Å². The van der Waals surface area contributed by atoms with Gasteiger partial charge in [0.15, 0.2) is 0 Å². The quantitative estimate of drug-likeness (QED) is 0.926. The Morgan fingerprint density at radius 3 is 2.96 bits per heavy atom. The van der Waals surface area contributed by atoms with Crippen LogP contribution in [0.1, 0.15) is 34.3 Å². The molecule has 1 aromatic heterocycles. The van der Waals surface area contributed by atoms with Crippen LogP contribution in [0.3, 0.4) is 0 Å². The SMILES string of the molecule is O=C1NC2(CCc3ccccc31)CCN(Cc1cccnc1)C2. The van der Waals surface area contributed by atoms with Crippen LogP contribution in [-0.4, -0.2) is 34.4 Å². The molecule has 2 aliphatic heterocycles. The molecule has 3 heterocycles. The molecular formula is C19H21N3O. The fraction of sp³-hybridized carbons (Fsp3) is 0.368. The molecular weight excluding hydrogens is 286 g/mol. The van der Waals surface area contributed by atoms with Crippen LogP contribution in [0.25, 0.3) is 0 Å². The van der Waals surface area contributed by atoms with Crippen molar-refractivity contribution < 1.29 is 4.79 Å². The number of likely N-dealkylation sites (tertiary alicyclic amines) is 1. The summed E-state index contributed by atoms with van der Waals surface area (Å²) in [6, 6.07) is 12.1. The van der Waals surface area contributed by atoms with E-state index in [0.717, 1.165) is 44.5 Å². The molecule has 1 unspecified atom stereocenters. The Morgan fingerprint density at radius 1 is 1.17 bits per heavy atom. The third kappa shape index (κ3) is 2.86. The van der Waals surface area contributed by atoms with Gasteiger partial charge in [-0.25, -0.2) is 0 Å². The third-order valence-corrected chi connectivity index (χ3v) is 5.08. The molecule has 1 N–H and O–H groups in total. The molecule has 1 fully saturated rings. The van der Waals surface area contributed by atoms with Gasteiger partial charge >= 0.3 is 0 Å². The van der Waals surface area contributed by atoms with Crippen LogP contribution in [-0.2, 0) is 13.0 Å². The molecule has 2 aromatic rings. The zero-order chi connectivity index (χ0) is 15.7. The van der Waals surface area contributed by atoms with E-state index in [1.165, 1.54) is 11.1 Å². The van der Waals surface area contributed by atoms with E-state index in [1.807, 2.05) is 30.5 Å². The Labute approximate surface area is 136 Å². The molecule has 0 bridgehead atoms. The maximum Gasteiger partial charge on any atom is 0.252 e. The number of amides is 1. The number of carbonyl (C=O) groups excluding carboxylic acids is 1. The van der Waals surface area contributed by atoms with Gasteiger partial charge in [0, 0.05) is 37.6 Å². The van der Waals surface area contributed by atoms with Crippen molar-refractivity contribution in [1.82, 2.24) is 15.2 Å². The van der Waals surface area contributed by atoms with Crippen molar-refractivity contribution in [3.63, 3.8) is 0 Å². The lowest BCUT2D eigenvalue weighted by molar-refractivity contribution is 0.0902. The molecule has 4 heteroatoms. The first kappa shape index (κ1) is 14.4. The van der Waals surface area contributed by atoms with Gasteiger partial charge in [0.1, 0.15) is 0 Å². The maximum absolute atomic E-state index is 12.6. The largest absolute Gasteiger partial charge is 0.345 e. The second kappa shape index (κ2) is 5.78. The van der Waals surface area contributed by atoms with Crippen molar-refractivity contribution in [3.8, 4) is 0 Å². The van der Waals surface area contributed by atoms with Crippen molar-refractivity contribution in [2.75, 3.05) is 13.1 Å². The Bertz CT molecular complexity index is 716. The van der Waals surface area contributed by atoms with Crippen LogP contribution in [0.4, 0.5) is 0 Å². The van der Waals surface area contributed by atoms with Gasteiger partial charge in [-0.3, -0.25) is 14.7 Å².